The molecule has 3 aromatic heterocycles. The molecule has 39 heavy (non-hydrogen) atoms. The van der Waals surface area contributed by atoms with Gasteiger partial charge in [0.25, 0.3) is 11.7 Å². The normalized spacial score (nSPS) is 11.4. The quantitative estimate of drug-likeness (QED) is 0.116. The molecule has 1 aromatic carbocycles. The molecule has 0 aliphatic carbocycles. The molecule has 3 heterocycles. The number of aryl methyl sites for hydroxylation is 3. The minimum atomic E-state index is -0.511. The van der Waals surface area contributed by atoms with E-state index in [0.717, 1.165) is 42.8 Å². The fraction of sp³-hybridized carbons (Fsp3) is 0.444. The van der Waals surface area contributed by atoms with Crippen molar-refractivity contribution in [1.82, 2.24) is 30.2 Å². The summed E-state index contributed by atoms with van der Waals surface area (Å²) in [5.74, 6) is 0.700. The Morgan fingerprint density at radius 3 is 2.62 bits per heavy atom. The highest BCUT2D eigenvalue weighted by atomic mass is 127. The van der Waals surface area contributed by atoms with Gasteiger partial charge in [-0.2, -0.15) is 0 Å². The van der Waals surface area contributed by atoms with Crippen LogP contribution in [0.5, 0.6) is 0 Å². The molecule has 0 aliphatic rings. The monoisotopic (exact) mass is 648 g/mol. The number of carbonyl (C=O) groups excluding carboxylic acids is 2. The number of H-pyrrole nitrogens is 1. The molecule has 4 rings (SSSR count). The van der Waals surface area contributed by atoms with E-state index in [1.807, 2.05) is 20.8 Å². The standard InChI is InChI=1S/C27H36N8O3.HI/c1-6-34-19-11-10-17(9-8-13-30-26(37)38-27(3,4)5)15-20(19)35(7-2)21(34)16-31-25(36)22-23(28)33-24-18(32-22)12-14-29-24;/h10-12,14-15H,6-9,13,16H2,1-5H3,(H4-,28,29,30,31,32,33,36,37);1H. The Morgan fingerprint density at radius 2 is 1.92 bits per heavy atom. The maximum atomic E-state index is 13.0. The van der Waals surface area contributed by atoms with E-state index in [9.17, 15) is 9.59 Å². The number of nitrogens with two attached hydrogens (primary N) is 1. The second kappa shape index (κ2) is 12.6. The largest absolute Gasteiger partial charge is 1.00 e. The zero-order valence-corrected chi connectivity index (χ0v) is 25.3. The molecule has 0 saturated heterocycles. The van der Waals surface area contributed by atoms with E-state index in [4.69, 9.17) is 10.5 Å². The molecular weight excluding hydrogens is 611 g/mol. The summed E-state index contributed by atoms with van der Waals surface area (Å²) in [6.45, 7) is 12.1. The number of hydrogen-bond donors (Lipinski definition) is 4. The van der Waals surface area contributed by atoms with Crippen molar-refractivity contribution in [2.45, 2.75) is 72.7 Å². The molecule has 4 aromatic rings. The van der Waals surface area contributed by atoms with E-state index in [0.29, 0.717) is 24.3 Å². The molecule has 0 spiro atoms. The van der Waals surface area contributed by atoms with E-state index in [1.165, 1.54) is 5.56 Å². The van der Waals surface area contributed by atoms with Gasteiger partial charge in [0.05, 0.1) is 13.1 Å². The Bertz CT molecular complexity index is 1470. The van der Waals surface area contributed by atoms with Gasteiger partial charge in [0.1, 0.15) is 17.7 Å². The number of imidazole rings is 1. The van der Waals surface area contributed by atoms with Crippen LogP contribution in [0.25, 0.3) is 22.2 Å². The molecule has 0 unspecified atom stereocenters. The number of aromatic amines is 1. The van der Waals surface area contributed by atoms with Crippen LogP contribution in [0.2, 0.25) is 0 Å². The molecule has 0 radical (unpaired) electrons. The van der Waals surface area contributed by atoms with Gasteiger partial charge in [-0.15, -0.1) is 0 Å². The van der Waals surface area contributed by atoms with Crippen LogP contribution >= 0.6 is 0 Å². The second-order valence-corrected chi connectivity index (χ2v) is 10.1. The van der Waals surface area contributed by atoms with Crippen LogP contribution in [0.4, 0.5) is 10.6 Å². The van der Waals surface area contributed by atoms with Crippen molar-refractivity contribution < 1.29 is 42.9 Å². The molecule has 0 saturated carbocycles. The van der Waals surface area contributed by atoms with Gasteiger partial charge < -0.3 is 50.1 Å². The summed E-state index contributed by atoms with van der Waals surface area (Å²) in [5.41, 5.74) is 10.1. The van der Waals surface area contributed by atoms with Crippen molar-refractivity contribution in [3.05, 3.63) is 47.5 Å². The van der Waals surface area contributed by atoms with Gasteiger partial charge in [0.2, 0.25) is 0 Å². The predicted octanol–water partition coefficient (Wildman–Crippen LogP) is 0.213. The van der Waals surface area contributed by atoms with Crippen molar-refractivity contribution in [2.75, 3.05) is 12.3 Å². The molecule has 5 N–H and O–H groups in total. The third-order valence-electron chi connectivity index (χ3n) is 6.22. The molecule has 2 amide bonds. The summed E-state index contributed by atoms with van der Waals surface area (Å²) in [6, 6.07) is 8.18. The number of alkyl carbamates (subject to hydrolysis) is 1. The maximum Gasteiger partial charge on any atom is 0.407 e. The molecule has 12 heteroatoms. The highest BCUT2D eigenvalue weighted by Gasteiger charge is 2.25. The lowest BCUT2D eigenvalue weighted by Gasteiger charge is -2.19. The number of anilines is 1. The van der Waals surface area contributed by atoms with Gasteiger partial charge in [-0.25, -0.2) is 23.9 Å². The van der Waals surface area contributed by atoms with Crippen molar-refractivity contribution in [3.8, 4) is 0 Å². The summed E-state index contributed by atoms with van der Waals surface area (Å²) in [7, 11) is 0. The molecule has 0 bridgehead atoms. The van der Waals surface area contributed by atoms with Crippen molar-refractivity contribution in [2.24, 2.45) is 0 Å². The van der Waals surface area contributed by atoms with Gasteiger partial charge in [-0.1, -0.05) is 6.07 Å². The number of hydrogen-bond acceptors (Lipinski definition) is 6. The summed E-state index contributed by atoms with van der Waals surface area (Å²) >= 11 is 0. The Morgan fingerprint density at radius 1 is 1.15 bits per heavy atom. The van der Waals surface area contributed by atoms with Gasteiger partial charge in [0, 0.05) is 12.7 Å². The van der Waals surface area contributed by atoms with Crippen LogP contribution < -0.4 is 44.9 Å². The lowest BCUT2D eigenvalue weighted by molar-refractivity contribution is -0.676. The minimum Gasteiger partial charge on any atom is -1.00 e. The zero-order valence-electron chi connectivity index (χ0n) is 23.1. The summed E-state index contributed by atoms with van der Waals surface area (Å²) in [6.07, 6.45) is 2.92. The maximum absolute atomic E-state index is 13.0. The highest BCUT2D eigenvalue weighted by Crippen LogP contribution is 2.19. The number of nitrogens with one attached hydrogen (secondary N) is 3. The van der Waals surface area contributed by atoms with Gasteiger partial charge >= 0.3 is 6.09 Å². The Balaban J connectivity index is 0.00000420. The number of amides is 2. The molecule has 0 aliphatic heterocycles. The number of nitrogens with zero attached hydrogens (tertiary/aromatic N) is 4. The number of carbonyl (C=O) groups is 2. The third-order valence-corrected chi connectivity index (χ3v) is 6.22. The van der Waals surface area contributed by atoms with Crippen LogP contribution in [0.15, 0.2) is 30.5 Å². The van der Waals surface area contributed by atoms with Crippen molar-refractivity contribution >= 4 is 40.0 Å². The molecule has 0 atom stereocenters. The van der Waals surface area contributed by atoms with Crippen LogP contribution in [0, 0.1) is 0 Å². The Labute approximate surface area is 244 Å². The zero-order chi connectivity index (χ0) is 27.4. The van der Waals surface area contributed by atoms with Crippen LogP contribution in [0.1, 0.15) is 62.9 Å². The predicted molar refractivity (Wildman–Crippen MR) is 146 cm³/mol. The van der Waals surface area contributed by atoms with E-state index in [2.05, 4.69) is 66.8 Å². The van der Waals surface area contributed by atoms with Crippen LogP contribution in [-0.4, -0.2) is 43.7 Å². The average Bonchev–Trinajstić information content (AvgIpc) is 3.43. The van der Waals surface area contributed by atoms with Crippen molar-refractivity contribution in [3.63, 3.8) is 0 Å². The Hall–Kier alpha value is -3.42. The average molecular weight is 649 g/mol. The smallest absolute Gasteiger partial charge is 0.407 e. The van der Waals surface area contributed by atoms with E-state index >= 15 is 0 Å². The fourth-order valence-electron chi connectivity index (χ4n) is 4.58. The second-order valence-electron chi connectivity index (χ2n) is 10.1. The van der Waals surface area contributed by atoms with E-state index < -0.39 is 11.7 Å². The number of ether oxygens (including phenoxy) is 1. The number of rotatable bonds is 9. The van der Waals surface area contributed by atoms with Gasteiger partial charge in [0.15, 0.2) is 28.2 Å². The third kappa shape index (κ3) is 6.97. The summed E-state index contributed by atoms with van der Waals surface area (Å²) < 4.78 is 9.71. The minimum absolute atomic E-state index is 0. The summed E-state index contributed by atoms with van der Waals surface area (Å²) in [4.78, 5) is 36.4. The van der Waals surface area contributed by atoms with Gasteiger partial charge in [-0.05, 0) is 71.2 Å². The van der Waals surface area contributed by atoms with Crippen molar-refractivity contribution in [1.29, 1.82) is 0 Å². The molecule has 11 nitrogen and oxygen atoms in total. The Kier molecular flexibility index (Phi) is 9.75. The lowest BCUT2D eigenvalue weighted by Crippen LogP contribution is -3.00. The number of fused-ring (bicyclic) bond motifs is 2. The SMILES string of the molecule is CCn1c(CNC(=O)c2nc3cc[nH]c3nc2N)[n+](CC)c2ccc(CCCNC(=O)OC(C)(C)C)cc21.[I-]. The first-order valence-electron chi connectivity index (χ1n) is 13.0. The first-order valence-corrected chi connectivity index (χ1v) is 13.0. The number of benzene rings is 1. The number of nitrogen functional groups attached to an aromatic ring is 1. The van der Waals surface area contributed by atoms with Gasteiger partial charge in [-0.3, -0.25) is 4.79 Å². The molecular formula is C27H37IN8O3. The van der Waals surface area contributed by atoms with E-state index in [-0.39, 0.29) is 41.4 Å². The first-order chi connectivity index (χ1) is 18.1. The fourth-order valence-corrected chi connectivity index (χ4v) is 4.58. The molecule has 210 valence electrons. The highest BCUT2D eigenvalue weighted by molar-refractivity contribution is 5.98. The topological polar surface area (TPSA) is 144 Å². The van der Waals surface area contributed by atoms with Crippen LogP contribution in [0.3, 0.4) is 0 Å². The lowest BCUT2D eigenvalue weighted by atomic mass is 10.1. The van der Waals surface area contributed by atoms with E-state index in [1.54, 1.807) is 12.3 Å². The number of aromatic nitrogens is 5. The van der Waals surface area contributed by atoms with Crippen LogP contribution in [-0.2, 0) is 30.8 Å². The number of halogens is 1. The first kappa shape index (κ1) is 30.1. The summed E-state index contributed by atoms with van der Waals surface area (Å²) in [5, 5.41) is 5.79. The molecule has 0 fully saturated rings.